The quantitative estimate of drug-likeness (QED) is 0.0278. The van der Waals surface area contributed by atoms with E-state index in [1.54, 1.807) is 6.08 Å². The van der Waals surface area contributed by atoms with Crippen molar-refractivity contribution in [2.45, 2.75) is 194 Å². The molecule has 0 rings (SSSR count). The molecular weight excluding hydrogens is 636 g/mol. The van der Waals surface area contributed by atoms with Crippen molar-refractivity contribution in [1.29, 1.82) is 0 Å². The van der Waals surface area contributed by atoms with E-state index in [1.165, 1.54) is 64.2 Å². The summed E-state index contributed by atoms with van der Waals surface area (Å²) in [4.78, 5) is 37.4. The van der Waals surface area contributed by atoms with Crippen LogP contribution in [0.5, 0.6) is 0 Å². The van der Waals surface area contributed by atoms with Crippen molar-refractivity contribution >= 4 is 17.9 Å². The maximum absolute atomic E-state index is 12.6. The van der Waals surface area contributed by atoms with E-state index in [9.17, 15) is 14.4 Å². The van der Waals surface area contributed by atoms with Gasteiger partial charge in [-0.2, -0.15) is 0 Å². The number of carbonyl (C=O) groups excluding carboxylic acids is 3. The number of rotatable bonds is 36. The van der Waals surface area contributed by atoms with Crippen LogP contribution >= 0.6 is 0 Å². The van der Waals surface area contributed by atoms with Gasteiger partial charge >= 0.3 is 17.9 Å². The van der Waals surface area contributed by atoms with E-state index in [4.69, 9.17) is 14.2 Å². The Morgan fingerprint density at radius 2 is 0.863 bits per heavy atom. The van der Waals surface area contributed by atoms with Gasteiger partial charge in [-0.25, -0.2) is 0 Å². The molecule has 292 valence electrons. The van der Waals surface area contributed by atoms with Crippen LogP contribution in [0.15, 0.2) is 60.8 Å². The number of allylic oxidation sites excluding steroid dienone is 9. The van der Waals surface area contributed by atoms with Crippen molar-refractivity contribution in [3.63, 3.8) is 0 Å². The molecule has 0 radical (unpaired) electrons. The third-order valence-electron chi connectivity index (χ3n) is 8.51. The number of hydrogen-bond donors (Lipinski definition) is 0. The lowest BCUT2D eigenvalue weighted by Gasteiger charge is -2.18. The molecule has 0 bridgehead atoms. The number of esters is 3. The fourth-order valence-electron chi connectivity index (χ4n) is 5.36. The minimum atomic E-state index is -0.815. The van der Waals surface area contributed by atoms with Crippen LogP contribution in [-0.2, 0) is 28.6 Å². The Morgan fingerprint density at radius 1 is 0.431 bits per heavy atom. The van der Waals surface area contributed by atoms with Crippen LogP contribution in [-0.4, -0.2) is 37.2 Å². The Balaban J connectivity index is 4.48. The van der Waals surface area contributed by atoms with Gasteiger partial charge in [-0.05, 0) is 77.0 Å². The maximum Gasteiger partial charge on any atom is 0.309 e. The van der Waals surface area contributed by atoms with Gasteiger partial charge in [0.1, 0.15) is 13.2 Å². The van der Waals surface area contributed by atoms with Gasteiger partial charge in [0.2, 0.25) is 0 Å². The zero-order chi connectivity index (χ0) is 37.3. The van der Waals surface area contributed by atoms with Gasteiger partial charge in [0.15, 0.2) is 6.10 Å². The van der Waals surface area contributed by atoms with Gasteiger partial charge < -0.3 is 14.2 Å². The Kier molecular flexibility index (Phi) is 37.6. The molecule has 1 unspecified atom stereocenters. The van der Waals surface area contributed by atoms with E-state index in [0.29, 0.717) is 12.8 Å². The largest absolute Gasteiger partial charge is 0.462 e. The smallest absolute Gasteiger partial charge is 0.309 e. The Hall–Kier alpha value is -2.89. The molecule has 0 N–H and O–H groups in total. The molecule has 0 aliphatic rings. The Morgan fingerprint density at radius 3 is 1.43 bits per heavy atom. The third-order valence-corrected chi connectivity index (χ3v) is 8.51. The van der Waals surface area contributed by atoms with Gasteiger partial charge in [-0.3, -0.25) is 14.4 Å². The number of hydrogen-bond acceptors (Lipinski definition) is 6. The van der Waals surface area contributed by atoms with Crippen LogP contribution in [0.1, 0.15) is 188 Å². The summed E-state index contributed by atoms with van der Waals surface area (Å²) >= 11 is 0. The van der Waals surface area contributed by atoms with Crippen molar-refractivity contribution in [1.82, 2.24) is 0 Å². The molecule has 0 heterocycles. The highest BCUT2D eigenvalue weighted by Crippen LogP contribution is 2.12. The molecule has 6 heteroatoms. The molecule has 0 aliphatic carbocycles. The van der Waals surface area contributed by atoms with Crippen LogP contribution in [0.4, 0.5) is 0 Å². The van der Waals surface area contributed by atoms with Crippen molar-refractivity contribution in [3.05, 3.63) is 60.8 Å². The van der Waals surface area contributed by atoms with Gasteiger partial charge in [0.05, 0.1) is 6.42 Å². The van der Waals surface area contributed by atoms with E-state index in [0.717, 1.165) is 83.5 Å². The molecule has 0 fully saturated rings. The lowest BCUT2D eigenvalue weighted by molar-refractivity contribution is -0.166. The summed E-state index contributed by atoms with van der Waals surface area (Å²) in [6.45, 7) is 6.32. The maximum atomic E-state index is 12.6. The molecule has 0 saturated heterocycles. The highest BCUT2D eigenvalue weighted by atomic mass is 16.6. The lowest BCUT2D eigenvalue weighted by atomic mass is 10.1. The Bertz CT molecular complexity index is 960. The van der Waals surface area contributed by atoms with Crippen molar-refractivity contribution in [2.24, 2.45) is 0 Å². The standard InChI is InChI=1S/C45H76O6/c1-4-7-10-13-16-19-21-22-24-26-29-32-35-38-44(47)50-41-42(40-49-43(46)37-34-31-28-25-18-15-12-9-6-3)51-45(48)39-36-33-30-27-23-20-17-14-11-8-5-2/h9,12,14,17-18,22,24-25,31,34,42H,4-8,10-11,13,15-16,19-21,23,26-30,32-33,35-41H2,1-3H3/b12-9-,17-14-,24-22-,25-18-,34-31-. The predicted molar refractivity (Wildman–Crippen MR) is 215 cm³/mol. The first-order valence-electron chi connectivity index (χ1n) is 20.8. The van der Waals surface area contributed by atoms with Crippen LogP contribution in [0, 0.1) is 0 Å². The zero-order valence-corrected chi connectivity index (χ0v) is 33.1. The monoisotopic (exact) mass is 713 g/mol. The molecule has 51 heavy (non-hydrogen) atoms. The number of unbranched alkanes of at least 4 members (excludes halogenated alkanes) is 16. The molecule has 6 nitrogen and oxygen atoms in total. The van der Waals surface area contributed by atoms with E-state index < -0.39 is 12.1 Å². The molecule has 1 atom stereocenters. The van der Waals surface area contributed by atoms with Gasteiger partial charge in [-0.1, -0.05) is 152 Å². The number of carbonyl (C=O) groups is 3. The van der Waals surface area contributed by atoms with Crippen molar-refractivity contribution in [3.8, 4) is 0 Å². The first-order valence-corrected chi connectivity index (χ1v) is 20.8. The molecule has 0 aliphatic heterocycles. The van der Waals surface area contributed by atoms with Crippen LogP contribution in [0.2, 0.25) is 0 Å². The summed E-state index contributed by atoms with van der Waals surface area (Å²) in [5.41, 5.74) is 0. The van der Waals surface area contributed by atoms with Gasteiger partial charge in [-0.15, -0.1) is 0 Å². The SMILES string of the molecule is CC/C=C\C/C=C\C/C=C\CC(=O)OCC(COC(=O)CCCCC/C=C\CCCCCCCC)OC(=O)CCCCCCC/C=C\CCCC. The highest BCUT2D eigenvalue weighted by molar-refractivity contribution is 5.72. The normalized spacial score (nSPS) is 12.6. The first-order chi connectivity index (χ1) is 25.0. The second kappa shape index (κ2) is 39.9. The summed E-state index contributed by atoms with van der Waals surface area (Å²) < 4.78 is 16.5. The molecule has 0 aromatic heterocycles. The van der Waals surface area contributed by atoms with E-state index in [-0.39, 0.29) is 31.6 Å². The average molecular weight is 713 g/mol. The van der Waals surface area contributed by atoms with E-state index in [1.807, 2.05) is 6.08 Å². The second-order valence-corrected chi connectivity index (χ2v) is 13.5. The lowest BCUT2D eigenvalue weighted by Crippen LogP contribution is -2.30. The molecule has 0 amide bonds. The predicted octanol–water partition coefficient (Wildman–Crippen LogP) is 13.0. The summed E-state index contributed by atoms with van der Waals surface area (Å²) in [6, 6.07) is 0. The molecule has 0 spiro atoms. The highest BCUT2D eigenvalue weighted by Gasteiger charge is 2.19. The van der Waals surface area contributed by atoms with Crippen LogP contribution in [0.25, 0.3) is 0 Å². The van der Waals surface area contributed by atoms with Crippen molar-refractivity contribution in [2.75, 3.05) is 13.2 Å². The first kappa shape index (κ1) is 48.1. The van der Waals surface area contributed by atoms with Crippen molar-refractivity contribution < 1.29 is 28.6 Å². The van der Waals surface area contributed by atoms with Crippen LogP contribution in [0.3, 0.4) is 0 Å². The summed E-state index contributed by atoms with van der Waals surface area (Å²) in [5, 5.41) is 0. The third kappa shape index (κ3) is 38.2. The van der Waals surface area contributed by atoms with Gasteiger partial charge in [0, 0.05) is 12.8 Å². The fourth-order valence-corrected chi connectivity index (χ4v) is 5.36. The second-order valence-electron chi connectivity index (χ2n) is 13.5. The molecule has 0 aromatic rings. The van der Waals surface area contributed by atoms with E-state index >= 15 is 0 Å². The minimum Gasteiger partial charge on any atom is -0.462 e. The molecular formula is C45H76O6. The average Bonchev–Trinajstić information content (AvgIpc) is 3.12. The zero-order valence-electron chi connectivity index (χ0n) is 33.1. The minimum absolute atomic E-state index is 0.113. The summed E-state index contributed by atoms with van der Waals surface area (Å²) in [6.07, 6.45) is 46.7. The molecule has 0 aromatic carbocycles. The van der Waals surface area contributed by atoms with E-state index in [2.05, 4.69) is 69.4 Å². The molecule has 0 saturated carbocycles. The number of ether oxygens (including phenoxy) is 3. The Labute approximate surface area is 313 Å². The topological polar surface area (TPSA) is 78.9 Å². The fraction of sp³-hybridized carbons (Fsp3) is 0.711. The van der Waals surface area contributed by atoms with Gasteiger partial charge in [0.25, 0.3) is 0 Å². The summed E-state index contributed by atoms with van der Waals surface area (Å²) in [7, 11) is 0. The van der Waals surface area contributed by atoms with Crippen LogP contribution < -0.4 is 0 Å². The summed E-state index contributed by atoms with van der Waals surface area (Å²) in [5.74, 6) is -1.08.